The Morgan fingerprint density at radius 1 is 0.539 bits per heavy atom. The van der Waals surface area contributed by atoms with Crippen LogP contribution in [0.25, 0.3) is 0 Å². The summed E-state index contributed by atoms with van der Waals surface area (Å²) in [6.07, 6.45) is -33.2. The van der Waals surface area contributed by atoms with Crippen LogP contribution in [0.2, 0.25) is 0 Å². The molecule has 28 nitrogen and oxygen atoms in total. The summed E-state index contributed by atoms with van der Waals surface area (Å²) in [7, 11) is 0. The topological polar surface area (TPSA) is 442 Å². The third-order valence-corrected chi connectivity index (χ3v) is 22.9. The van der Waals surface area contributed by atoms with Crippen LogP contribution < -0.4 is 0 Å². The second kappa shape index (κ2) is 27.7. The molecule has 9 aliphatic rings. The normalized spacial score (nSPS) is 51.5. The highest BCUT2D eigenvalue weighted by Crippen LogP contribution is 2.76. The summed E-state index contributed by atoms with van der Waals surface area (Å²) in [6, 6.07) is 0. The number of rotatable bonds is 19. The minimum absolute atomic E-state index is 0.0114. The third kappa shape index (κ3) is 13.4. The maximum absolute atomic E-state index is 13.0. The van der Waals surface area contributed by atoms with E-state index in [1.165, 1.54) is 6.92 Å². The van der Waals surface area contributed by atoms with E-state index in [0.717, 1.165) is 18.4 Å². The van der Waals surface area contributed by atoms with E-state index in [2.05, 4.69) is 40.7 Å². The summed E-state index contributed by atoms with van der Waals surface area (Å²) in [4.78, 5) is 11.9. The Kier molecular flexibility index (Phi) is 22.3. The Bertz CT molecular complexity index is 2390. The zero-order valence-electron chi connectivity index (χ0n) is 52.4. The van der Waals surface area contributed by atoms with E-state index in [9.17, 15) is 86.5 Å². The molecule has 34 atom stereocenters. The van der Waals surface area contributed by atoms with Gasteiger partial charge in [-0.1, -0.05) is 46.3 Å². The van der Waals surface area contributed by atoms with E-state index < -0.39 is 208 Å². The molecule has 16 N–H and O–H groups in total. The minimum Gasteiger partial charge on any atom is -0.463 e. The van der Waals surface area contributed by atoms with Crippen LogP contribution >= 0.6 is 0 Å². The highest BCUT2D eigenvalue weighted by atomic mass is 16.8. The maximum Gasteiger partial charge on any atom is 0.302 e. The number of allylic oxidation sites excluding steroid dienone is 2. The van der Waals surface area contributed by atoms with Gasteiger partial charge in [-0.25, -0.2) is 0 Å². The second-order valence-corrected chi connectivity index (χ2v) is 28.8. The minimum atomic E-state index is -1.86. The van der Waals surface area contributed by atoms with E-state index in [0.29, 0.717) is 44.9 Å². The zero-order valence-corrected chi connectivity index (χ0v) is 52.4. The van der Waals surface area contributed by atoms with Crippen LogP contribution in [-0.2, 0) is 56.9 Å². The molecule has 0 radical (unpaired) electrons. The van der Waals surface area contributed by atoms with Gasteiger partial charge in [0.2, 0.25) is 0 Å². The Morgan fingerprint density at radius 3 is 1.69 bits per heavy atom. The van der Waals surface area contributed by atoms with E-state index in [1.54, 1.807) is 0 Å². The Labute approximate surface area is 518 Å². The van der Waals surface area contributed by atoms with Gasteiger partial charge in [-0.2, -0.15) is 0 Å². The first-order valence-electron chi connectivity index (χ1n) is 31.7. The molecule has 28 heteroatoms. The highest BCUT2D eigenvalue weighted by Gasteiger charge is 2.72. The smallest absolute Gasteiger partial charge is 0.302 e. The highest BCUT2D eigenvalue weighted by molar-refractivity contribution is 5.65. The summed E-state index contributed by atoms with van der Waals surface area (Å²) in [5, 5.41) is 175. The fraction of sp³-hybridized carbons (Fsp3) is 0.951. The predicted octanol–water partition coefficient (Wildman–Crippen LogP) is -3.17. The lowest BCUT2D eigenvalue weighted by atomic mass is 9.35. The van der Waals surface area contributed by atoms with E-state index >= 15 is 0 Å². The quantitative estimate of drug-likeness (QED) is 0.0345. The largest absolute Gasteiger partial charge is 0.463 e. The molecule has 5 aliphatic heterocycles. The predicted molar refractivity (Wildman–Crippen MR) is 302 cm³/mol. The second-order valence-electron chi connectivity index (χ2n) is 28.8. The SMILES string of the molecule is CC(=O)OC[C@@H]1O[C@H](O[C@H]2CC[C@@]3(C)[C@@H](CC[C@@]4(C)[C@H]3C[C@H](O)[C@H]3[C@H]([C@](C)(CCC=C(C)C)O[C@H]5O[C@@H](CO[C@H]6O[C@@H](CO[C@H]7OC[C@H](O)[C@@H](O)[C@@H]7O)[C@H](O)[C@@H](O)[C@@H]6O)[C@H](O)[C@@H](O)[C@@H]5O)CC[C@]34C)C2(C)C)[C@@H](O[C@H]2O[C@@H](CO)[C@H](O)[C@@H](O)[C@@H]2O)[C@H](O)[C@H]1O. The monoisotopic (exact) mass is 1280 g/mol. The van der Waals surface area contributed by atoms with E-state index in [-0.39, 0.29) is 41.1 Å². The summed E-state index contributed by atoms with van der Waals surface area (Å²) in [5.74, 6) is -1.35. The number of hydrogen-bond acceptors (Lipinski definition) is 28. The molecule has 0 bridgehead atoms. The van der Waals surface area contributed by atoms with Crippen molar-refractivity contribution in [1.29, 1.82) is 0 Å². The van der Waals surface area contributed by atoms with E-state index in [4.69, 9.17) is 52.1 Å². The number of aliphatic hydroxyl groups excluding tert-OH is 16. The van der Waals surface area contributed by atoms with Gasteiger partial charge in [0.05, 0.1) is 44.2 Å². The van der Waals surface area contributed by atoms with E-state index in [1.807, 2.05) is 20.8 Å². The molecule has 0 aromatic heterocycles. The molecule has 4 aliphatic carbocycles. The molecular formula is C61H102O28. The van der Waals surface area contributed by atoms with Crippen LogP contribution in [0.1, 0.15) is 120 Å². The molecule has 0 spiro atoms. The summed E-state index contributed by atoms with van der Waals surface area (Å²) >= 11 is 0. The number of carbonyl (C=O) groups excluding carboxylic acids is 1. The van der Waals surface area contributed by atoms with Crippen LogP contribution in [0.15, 0.2) is 11.6 Å². The molecule has 0 aromatic rings. The lowest BCUT2D eigenvalue weighted by molar-refractivity contribution is -0.378. The lowest BCUT2D eigenvalue weighted by Crippen LogP contribution is -2.68. The van der Waals surface area contributed by atoms with Crippen LogP contribution in [0.4, 0.5) is 0 Å². The van der Waals surface area contributed by atoms with Crippen molar-refractivity contribution in [3.63, 3.8) is 0 Å². The van der Waals surface area contributed by atoms with Crippen LogP contribution in [0, 0.1) is 45.3 Å². The van der Waals surface area contributed by atoms with Crippen molar-refractivity contribution >= 4 is 5.97 Å². The average Bonchev–Trinajstić information content (AvgIpc) is 1.67. The van der Waals surface area contributed by atoms with Gasteiger partial charge in [0.1, 0.15) is 123 Å². The van der Waals surface area contributed by atoms with Crippen molar-refractivity contribution in [1.82, 2.24) is 0 Å². The number of carbonyl (C=O) groups is 1. The number of aliphatic hydroxyl groups is 16. The van der Waals surface area contributed by atoms with Crippen molar-refractivity contribution in [2.45, 2.75) is 285 Å². The van der Waals surface area contributed by atoms with Gasteiger partial charge in [0.15, 0.2) is 31.5 Å². The maximum atomic E-state index is 13.0. The molecular weight excluding hydrogens is 1180 g/mol. The first-order valence-corrected chi connectivity index (χ1v) is 31.7. The number of hydrogen-bond donors (Lipinski definition) is 16. The fourth-order valence-electron chi connectivity index (χ4n) is 17.5. The van der Waals surface area contributed by atoms with Gasteiger partial charge >= 0.3 is 5.97 Å². The Hall–Kier alpha value is -1.83. The van der Waals surface area contributed by atoms with Crippen LogP contribution in [0.3, 0.4) is 0 Å². The van der Waals surface area contributed by atoms with Gasteiger partial charge < -0.3 is 134 Å². The number of fused-ring (bicyclic) bond motifs is 5. The fourth-order valence-corrected chi connectivity index (χ4v) is 17.5. The average molecular weight is 1280 g/mol. The number of ether oxygens (including phenoxy) is 11. The number of esters is 1. The molecule has 0 amide bonds. The van der Waals surface area contributed by atoms with Crippen molar-refractivity contribution < 1.29 is 139 Å². The Morgan fingerprint density at radius 2 is 1.07 bits per heavy atom. The first kappa shape index (κ1) is 71.5. The molecule has 9 fully saturated rings. The summed E-state index contributed by atoms with van der Waals surface area (Å²) < 4.78 is 65.9. The van der Waals surface area contributed by atoms with Crippen LogP contribution in [-0.4, -0.2) is 286 Å². The standard InChI is InChI=1S/C61H102O28/c1-25(2)11-10-15-61(9,89-55-50(78)45(73)41(69)33(85-55)24-82-53-48(76)44(72)40(68)32(84-53)23-81-52-47(75)38(66)29(65)21-80-52)27-12-17-60(8)37(27)28(64)19-35-58(6)16-14-36(57(4,5)34(58)13-18-59(35,60)7)87-56-51(46(74)42(70)31(86-56)22-79-26(3)63)88-54-49(77)43(71)39(67)30(20-62)83-54/h11,27-56,62,64-78H,10,12-24H2,1-9H3/t27-,28+,29+,30+,31+,32+,33+,34+,35+,36+,37-,38-,39+,40+,41+,42+,43-,44-,45-,46-,47+,48+,49+,50+,51+,52-,53+,54-,55-,56-,58+,59+,60-,61+/m1/s1. The lowest BCUT2D eigenvalue weighted by Gasteiger charge is -2.71. The van der Waals surface area contributed by atoms with Gasteiger partial charge in [-0.05, 0) is 124 Å². The third-order valence-electron chi connectivity index (χ3n) is 22.9. The van der Waals surface area contributed by atoms with Crippen molar-refractivity contribution in [3.8, 4) is 0 Å². The van der Waals surface area contributed by atoms with Gasteiger partial charge in [-0.3, -0.25) is 4.79 Å². The van der Waals surface area contributed by atoms with Gasteiger partial charge in [0.25, 0.3) is 0 Å². The molecule has 0 aromatic carbocycles. The summed E-state index contributed by atoms with van der Waals surface area (Å²) in [6.45, 7) is 15.5. The van der Waals surface area contributed by atoms with Crippen molar-refractivity contribution in [2.24, 2.45) is 45.3 Å². The van der Waals surface area contributed by atoms with Crippen molar-refractivity contribution in [3.05, 3.63) is 11.6 Å². The molecule has 514 valence electrons. The molecule has 5 heterocycles. The summed E-state index contributed by atoms with van der Waals surface area (Å²) in [5.41, 5.74) is -1.90. The van der Waals surface area contributed by atoms with Gasteiger partial charge in [-0.15, -0.1) is 0 Å². The Balaban J connectivity index is 0.909. The molecule has 9 rings (SSSR count). The van der Waals surface area contributed by atoms with Crippen molar-refractivity contribution in [2.75, 3.05) is 33.0 Å². The molecule has 89 heavy (non-hydrogen) atoms. The molecule has 4 saturated carbocycles. The van der Waals surface area contributed by atoms with Gasteiger partial charge in [0, 0.05) is 6.92 Å². The van der Waals surface area contributed by atoms with Crippen LogP contribution in [0.5, 0.6) is 0 Å². The first-order chi connectivity index (χ1) is 41.6. The zero-order chi connectivity index (χ0) is 65.4. The molecule has 0 unspecified atom stereocenters. The molecule has 5 saturated heterocycles.